The SMILES string of the molecule is O=S(=O)([O-])[O-].O=S(=O)([O-])[O-].O=S(=O)([O-])[O-].O=[N+]([O-])[Zr+3].O=[N+]([O-])[Zr+3].c1ccccc1.c1ccccc1. The van der Waals surface area contributed by atoms with E-state index >= 15 is 0 Å². The predicted octanol–water partition coefficient (Wildman–Crippen LogP) is -1.19. The van der Waals surface area contributed by atoms with Crippen LogP contribution in [0, 0.1) is 20.2 Å². The summed E-state index contributed by atoms with van der Waals surface area (Å²) in [4.78, 5) is 17.7. The molecule has 0 radical (unpaired) electrons. The molecular formula is C12H12N2O16S3Zr2. The zero-order valence-corrected chi connectivity index (χ0v) is 23.9. The summed E-state index contributed by atoms with van der Waals surface area (Å²) in [5.74, 6) is 0. The third-order valence-corrected chi connectivity index (χ3v) is 1.33. The summed E-state index contributed by atoms with van der Waals surface area (Å²) in [5.41, 5.74) is 0. The summed E-state index contributed by atoms with van der Waals surface area (Å²) in [6, 6.07) is 24.0. The van der Waals surface area contributed by atoms with Gasteiger partial charge in [0, 0.05) is 31.2 Å². The van der Waals surface area contributed by atoms with Gasteiger partial charge in [-0.05, 0) is 0 Å². The number of hydrogen-bond acceptors (Lipinski definition) is 16. The van der Waals surface area contributed by atoms with Gasteiger partial charge >= 0.3 is 76.0 Å². The van der Waals surface area contributed by atoms with Crippen LogP contribution in [0.3, 0.4) is 0 Å². The van der Waals surface area contributed by atoms with Crippen LogP contribution in [0.25, 0.3) is 0 Å². The van der Waals surface area contributed by atoms with Crippen molar-refractivity contribution in [2.75, 3.05) is 0 Å². The van der Waals surface area contributed by atoms with E-state index in [1.807, 2.05) is 72.8 Å². The molecule has 0 heterocycles. The fourth-order valence-corrected chi connectivity index (χ4v) is 0.770. The van der Waals surface area contributed by atoms with Crippen molar-refractivity contribution in [2.24, 2.45) is 0 Å². The molecule has 0 fully saturated rings. The standard InChI is InChI=1S/2C6H6.2NO2.3H2O4S.2Zr/c2*1-2-4-6-5-3-1;2*2-1-3;3*1-5(2,3)4;;/h2*1-6H;;;3*(H2,1,2,3,4);;/q;;;;;;;2*+3/p-6. The predicted molar refractivity (Wildman–Crippen MR) is 98.3 cm³/mol. The van der Waals surface area contributed by atoms with E-state index in [4.69, 9.17) is 72.8 Å². The molecule has 23 heteroatoms. The molecule has 0 atom stereocenters. The second-order valence-electron chi connectivity index (χ2n) is 4.05. The summed E-state index contributed by atoms with van der Waals surface area (Å²) >= 11 is 0.718. The van der Waals surface area contributed by atoms with Crippen LogP contribution in [0.15, 0.2) is 72.8 Å². The summed E-state index contributed by atoms with van der Waals surface area (Å²) in [5, 5.41) is 17.7. The quantitative estimate of drug-likeness (QED) is 0.134. The zero-order chi connectivity index (χ0) is 29.1. The summed E-state index contributed by atoms with van der Waals surface area (Å²) in [6.07, 6.45) is 0. The number of hydrogen-bond donors (Lipinski definition) is 0. The van der Waals surface area contributed by atoms with Crippen LogP contribution in [0.1, 0.15) is 0 Å². The fourth-order valence-electron chi connectivity index (χ4n) is 0.770. The van der Waals surface area contributed by atoms with Gasteiger partial charge in [0.25, 0.3) is 0 Å². The maximum atomic E-state index is 8.85. The normalized spacial score (nSPS) is 9.20. The van der Waals surface area contributed by atoms with Crippen molar-refractivity contribution in [3.63, 3.8) is 0 Å². The molecule has 0 aliphatic carbocycles. The zero-order valence-electron chi connectivity index (χ0n) is 16.6. The Labute approximate surface area is 230 Å². The van der Waals surface area contributed by atoms with Gasteiger partial charge in [-0.25, -0.2) is 0 Å². The van der Waals surface area contributed by atoms with Gasteiger partial charge in [0.1, 0.15) is 0 Å². The van der Waals surface area contributed by atoms with E-state index in [1.165, 1.54) is 0 Å². The topological polar surface area (TPSA) is 327 Å². The Hall–Kier alpha value is -1.38. The largest absolute Gasteiger partial charge is 0.0623 e. The van der Waals surface area contributed by atoms with Crippen LogP contribution in [-0.2, 0) is 81.2 Å². The molecule has 0 unspecified atom stereocenters. The van der Waals surface area contributed by atoms with Gasteiger partial charge in [-0.2, -0.15) is 0 Å². The average Bonchev–Trinajstić information content (AvgIpc) is 2.60. The molecule has 0 saturated carbocycles. The molecule has 2 aromatic rings. The maximum absolute atomic E-state index is 8.85. The maximum Gasteiger partial charge on any atom is -0.0623 e. The first kappa shape index (κ1) is 43.7. The van der Waals surface area contributed by atoms with E-state index in [9.17, 15) is 0 Å². The van der Waals surface area contributed by atoms with E-state index in [-0.39, 0.29) is 0 Å². The van der Waals surface area contributed by atoms with Gasteiger partial charge in [0.05, 0.1) is 0 Å². The van der Waals surface area contributed by atoms with Gasteiger partial charge in [0.15, 0.2) is 0 Å². The third-order valence-electron chi connectivity index (χ3n) is 1.33. The Kier molecular flexibility index (Phi) is 33.9. The van der Waals surface area contributed by atoms with Crippen molar-refractivity contribution in [3.05, 3.63) is 93.0 Å². The van der Waals surface area contributed by atoms with Crippen molar-refractivity contribution in [1.82, 2.24) is 0 Å². The molecule has 0 saturated heterocycles. The molecule has 2 aromatic carbocycles. The first-order valence-electron chi connectivity index (χ1n) is 7.18. The number of rotatable bonds is 0. The Morgan fingerprint density at radius 3 is 0.457 bits per heavy atom. The smallest absolute Gasteiger partial charge is 0.0623 e. The van der Waals surface area contributed by atoms with E-state index < -0.39 is 36.9 Å². The molecule has 35 heavy (non-hydrogen) atoms. The summed E-state index contributed by atoms with van der Waals surface area (Å²) in [7, 11) is -15.5. The van der Waals surface area contributed by atoms with Crippen LogP contribution < -0.4 is 0 Å². The molecule has 0 aromatic heterocycles. The van der Waals surface area contributed by atoms with Gasteiger partial charge in [0.2, 0.25) is 0 Å². The minimum Gasteiger partial charge on any atom is -0.0623 e. The minimum atomic E-state index is -5.17. The average molecular weight is 719 g/mol. The van der Waals surface area contributed by atoms with Gasteiger partial charge in [-0.3, -0.25) is 25.3 Å². The molecule has 0 bridgehead atoms. The number of nitro groups is 2. The summed E-state index contributed by atoms with van der Waals surface area (Å²) in [6.45, 7) is 0. The van der Waals surface area contributed by atoms with Crippen molar-refractivity contribution >= 4 is 31.2 Å². The van der Waals surface area contributed by atoms with E-state index in [0.717, 1.165) is 0 Å². The van der Waals surface area contributed by atoms with Crippen LogP contribution in [0.5, 0.6) is 0 Å². The Balaban J connectivity index is -0.000000101. The van der Waals surface area contributed by atoms with E-state index in [0.29, 0.717) is 50.0 Å². The molecule has 2 rings (SSSR count). The Bertz CT molecular complexity index is 869. The van der Waals surface area contributed by atoms with Crippen molar-refractivity contribution in [3.8, 4) is 0 Å². The van der Waals surface area contributed by atoms with Crippen molar-refractivity contribution in [2.45, 2.75) is 0 Å². The third kappa shape index (κ3) is 271. The van der Waals surface area contributed by atoms with Crippen LogP contribution >= 0.6 is 0 Å². The molecule has 0 N–H and O–H groups in total. The molecule has 0 amide bonds. The van der Waals surface area contributed by atoms with Crippen molar-refractivity contribution in [1.29, 1.82) is 0 Å². The molecule has 0 spiro atoms. The molecule has 0 aliphatic rings. The number of nitrogens with zero attached hydrogens (tertiary/aromatic N) is 2. The Morgan fingerprint density at radius 2 is 0.429 bits per heavy atom. The number of benzene rings is 2. The monoisotopic (exact) mass is 716 g/mol. The molecular weight excluding hydrogens is 707 g/mol. The molecule has 0 aliphatic heterocycles. The second-order valence-corrected chi connectivity index (χ2v) is 8.29. The fraction of sp³-hybridized carbons (Fsp3) is 0. The van der Waals surface area contributed by atoms with Gasteiger partial charge in [-0.1, -0.05) is 72.8 Å². The van der Waals surface area contributed by atoms with Crippen LogP contribution in [0.2, 0.25) is 0 Å². The van der Waals surface area contributed by atoms with E-state index in [1.54, 1.807) is 0 Å². The van der Waals surface area contributed by atoms with Crippen LogP contribution in [0.4, 0.5) is 0 Å². The summed E-state index contributed by atoms with van der Waals surface area (Å²) < 4.78 is 101. The minimum absolute atomic E-state index is 0.359. The van der Waals surface area contributed by atoms with Crippen molar-refractivity contribution < 1.29 is 108 Å². The first-order chi connectivity index (χ1) is 15.5. The second kappa shape index (κ2) is 27.2. The molecule has 18 nitrogen and oxygen atoms in total. The molecule has 192 valence electrons. The van der Waals surface area contributed by atoms with Gasteiger partial charge < -0.3 is 27.3 Å². The van der Waals surface area contributed by atoms with Gasteiger partial charge in [-0.15, -0.1) is 0 Å². The Morgan fingerprint density at radius 1 is 0.400 bits per heavy atom. The first-order valence-corrected chi connectivity index (χ1v) is 13.4. The van der Waals surface area contributed by atoms with Crippen LogP contribution in [-0.4, -0.2) is 58.3 Å². The van der Waals surface area contributed by atoms with E-state index in [2.05, 4.69) is 0 Å².